The predicted molar refractivity (Wildman–Crippen MR) is 109 cm³/mol. The minimum absolute atomic E-state index is 0.252. The van der Waals surface area contributed by atoms with Crippen LogP contribution in [0.4, 0.5) is 18.9 Å². The number of alkyl halides is 3. The highest BCUT2D eigenvalue weighted by molar-refractivity contribution is 5.86. The zero-order chi connectivity index (χ0) is 21.4. The molecular weight excluding hydrogens is 383 g/mol. The van der Waals surface area contributed by atoms with Crippen molar-refractivity contribution in [3.8, 4) is 0 Å². The molecule has 0 spiro atoms. The summed E-state index contributed by atoms with van der Waals surface area (Å²) < 4.78 is 37.2. The van der Waals surface area contributed by atoms with Gasteiger partial charge in [0.05, 0.1) is 6.54 Å². The lowest BCUT2D eigenvalue weighted by Crippen LogP contribution is -2.45. The van der Waals surface area contributed by atoms with Crippen molar-refractivity contribution in [1.29, 1.82) is 0 Å². The van der Waals surface area contributed by atoms with E-state index in [2.05, 4.69) is 39.5 Å². The number of nitrogens with zero attached hydrogens (tertiary/aromatic N) is 4. The van der Waals surface area contributed by atoms with Crippen molar-refractivity contribution in [2.24, 2.45) is 4.99 Å². The maximum atomic E-state index is 12.4. The molecule has 0 saturated carbocycles. The van der Waals surface area contributed by atoms with Crippen molar-refractivity contribution in [3.05, 3.63) is 29.8 Å². The third kappa shape index (κ3) is 7.47. The van der Waals surface area contributed by atoms with Crippen LogP contribution in [-0.4, -0.2) is 75.2 Å². The van der Waals surface area contributed by atoms with Crippen LogP contribution >= 0.6 is 0 Å². The summed E-state index contributed by atoms with van der Waals surface area (Å²) in [6.45, 7) is 1.22. The standard InChI is InChI=1S/C20H30F3N5O/c1-24-19(25-13-18(29)27(3)15-20(21,22)23)26(2)14-16-7-9-17(10-8-16)28-11-5-4-6-12-28/h7-10H,4-6,11-15H2,1-3H3,(H,24,25). The Labute approximate surface area is 170 Å². The predicted octanol–water partition coefficient (Wildman–Crippen LogP) is 2.70. The number of hydrogen-bond donors (Lipinski definition) is 1. The van der Waals surface area contributed by atoms with E-state index in [1.165, 1.54) is 24.9 Å². The first kappa shape index (κ1) is 22.8. The van der Waals surface area contributed by atoms with Gasteiger partial charge in [0.2, 0.25) is 5.91 Å². The van der Waals surface area contributed by atoms with Gasteiger partial charge in [-0.05, 0) is 37.0 Å². The Kier molecular flexibility index (Phi) is 8.16. The van der Waals surface area contributed by atoms with E-state index in [1.807, 2.05) is 11.9 Å². The molecule has 1 saturated heterocycles. The number of guanidine groups is 1. The molecule has 6 nitrogen and oxygen atoms in total. The maximum Gasteiger partial charge on any atom is 0.406 e. The minimum Gasteiger partial charge on any atom is -0.372 e. The first-order chi connectivity index (χ1) is 13.7. The molecule has 0 aliphatic carbocycles. The number of benzene rings is 1. The van der Waals surface area contributed by atoms with Crippen LogP contribution in [0.2, 0.25) is 0 Å². The normalized spacial score (nSPS) is 15.2. The second-order valence-corrected chi connectivity index (χ2v) is 7.34. The zero-order valence-electron chi connectivity index (χ0n) is 17.3. The largest absolute Gasteiger partial charge is 0.406 e. The van der Waals surface area contributed by atoms with Crippen molar-refractivity contribution in [3.63, 3.8) is 0 Å². The highest BCUT2D eigenvalue weighted by atomic mass is 19.4. The Hall–Kier alpha value is -2.45. The number of likely N-dealkylation sites (N-methyl/N-ethyl adjacent to an activating group) is 1. The first-order valence-electron chi connectivity index (χ1n) is 9.76. The van der Waals surface area contributed by atoms with Gasteiger partial charge in [-0.15, -0.1) is 0 Å². The topological polar surface area (TPSA) is 51.2 Å². The molecule has 29 heavy (non-hydrogen) atoms. The number of hydrogen-bond acceptors (Lipinski definition) is 3. The van der Waals surface area contributed by atoms with Crippen LogP contribution in [0.25, 0.3) is 0 Å². The molecule has 162 valence electrons. The van der Waals surface area contributed by atoms with E-state index in [9.17, 15) is 18.0 Å². The molecule has 1 N–H and O–H groups in total. The van der Waals surface area contributed by atoms with Crippen LogP contribution in [0, 0.1) is 0 Å². The molecule has 0 atom stereocenters. The molecule has 0 radical (unpaired) electrons. The van der Waals surface area contributed by atoms with E-state index in [0.717, 1.165) is 25.7 Å². The molecule has 1 aliphatic rings. The minimum atomic E-state index is -4.41. The third-order valence-corrected chi connectivity index (χ3v) is 4.89. The van der Waals surface area contributed by atoms with Crippen LogP contribution < -0.4 is 10.2 Å². The summed E-state index contributed by atoms with van der Waals surface area (Å²) in [6.07, 6.45) is -0.671. The Morgan fingerprint density at radius 3 is 2.28 bits per heavy atom. The van der Waals surface area contributed by atoms with E-state index in [-0.39, 0.29) is 6.54 Å². The molecule has 1 aromatic rings. The quantitative estimate of drug-likeness (QED) is 0.576. The Balaban J connectivity index is 1.86. The molecule has 0 unspecified atom stereocenters. The molecule has 1 heterocycles. The zero-order valence-corrected chi connectivity index (χ0v) is 17.3. The number of anilines is 1. The van der Waals surface area contributed by atoms with Crippen LogP contribution in [0.5, 0.6) is 0 Å². The lowest BCUT2D eigenvalue weighted by Gasteiger charge is -2.29. The number of carbonyl (C=O) groups excluding carboxylic acids is 1. The van der Waals surface area contributed by atoms with Crippen molar-refractivity contribution in [2.45, 2.75) is 32.0 Å². The lowest BCUT2D eigenvalue weighted by molar-refractivity contribution is -0.157. The number of halogens is 3. The fourth-order valence-corrected chi connectivity index (χ4v) is 3.34. The van der Waals surface area contributed by atoms with Gasteiger partial charge in [0.15, 0.2) is 5.96 Å². The van der Waals surface area contributed by atoms with Gasteiger partial charge in [-0.25, -0.2) is 0 Å². The number of amides is 1. The van der Waals surface area contributed by atoms with Crippen molar-refractivity contribution in [2.75, 3.05) is 52.2 Å². The summed E-state index contributed by atoms with van der Waals surface area (Å²) in [5.74, 6) is -0.207. The number of nitrogens with one attached hydrogen (secondary N) is 1. The van der Waals surface area contributed by atoms with E-state index >= 15 is 0 Å². The van der Waals surface area contributed by atoms with Crippen molar-refractivity contribution in [1.82, 2.24) is 15.1 Å². The summed E-state index contributed by atoms with van der Waals surface area (Å²) in [7, 11) is 4.52. The highest BCUT2D eigenvalue weighted by Crippen LogP contribution is 2.20. The molecule has 1 aromatic carbocycles. The van der Waals surface area contributed by atoms with Crippen LogP contribution in [0.15, 0.2) is 29.3 Å². The second kappa shape index (κ2) is 10.4. The smallest absolute Gasteiger partial charge is 0.372 e. The number of carbonyl (C=O) groups is 1. The van der Waals surface area contributed by atoms with Gasteiger partial charge >= 0.3 is 6.18 Å². The number of rotatable bonds is 6. The fraction of sp³-hybridized carbons (Fsp3) is 0.600. The summed E-state index contributed by atoms with van der Waals surface area (Å²) in [4.78, 5) is 20.9. The lowest BCUT2D eigenvalue weighted by atomic mass is 10.1. The van der Waals surface area contributed by atoms with E-state index in [1.54, 1.807) is 7.05 Å². The van der Waals surface area contributed by atoms with Gasteiger partial charge in [-0.2, -0.15) is 13.2 Å². The summed E-state index contributed by atoms with van der Waals surface area (Å²) >= 11 is 0. The van der Waals surface area contributed by atoms with Gasteiger partial charge in [0.1, 0.15) is 6.54 Å². The van der Waals surface area contributed by atoms with Crippen molar-refractivity contribution >= 4 is 17.6 Å². The highest BCUT2D eigenvalue weighted by Gasteiger charge is 2.31. The summed E-state index contributed by atoms with van der Waals surface area (Å²) in [5, 5.41) is 2.83. The van der Waals surface area contributed by atoms with Crippen LogP contribution in [-0.2, 0) is 11.3 Å². The summed E-state index contributed by atoms with van der Waals surface area (Å²) in [6, 6.07) is 8.35. The van der Waals surface area contributed by atoms with E-state index in [0.29, 0.717) is 17.4 Å². The Morgan fingerprint density at radius 2 is 1.72 bits per heavy atom. The molecule has 0 bridgehead atoms. The molecule has 1 fully saturated rings. The summed E-state index contributed by atoms with van der Waals surface area (Å²) in [5.41, 5.74) is 2.30. The van der Waals surface area contributed by atoms with Gasteiger partial charge < -0.3 is 20.0 Å². The first-order valence-corrected chi connectivity index (χ1v) is 9.76. The fourth-order valence-electron chi connectivity index (χ4n) is 3.34. The van der Waals surface area contributed by atoms with Gasteiger partial charge in [0, 0.05) is 46.5 Å². The van der Waals surface area contributed by atoms with Gasteiger partial charge in [0.25, 0.3) is 0 Å². The van der Waals surface area contributed by atoms with Crippen molar-refractivity contribution < 1.29 is 18.0 Å². The van der Waals surface area contributed by atoms with Crippen LogP contribution in [0.3, 0.4) is 0 Å². The van der Waals surface area contributed by atoms with Gasteiger partial charge in [-0.3, -0.25) is 9.79 Å². The molecular formula is C20H30F3N5O. The molecule has 9 heteroatoms. The number of aliphatic imine (C=N–C) groups is 1. The Bertz CT molecular complexity index is 684. The van der Waals surface area contributed by atoms with E-state index < -0.39 is 18.6 Å². The third-order valence-electron chi connectivity index (χ3n) is 4.89. The maximum absolute atomic E-state index is 12.4. The molecule has 2 rings (SSSR count). The SMILES string of the molecule is CN=C(NCC(=O)N(C)CC(F)(F)F)N(C)Cc1ccc(N2CCCCC2)cc1. The molecule has 1 aliphatic heterocycles. The molecule has 0 aromatic heterocycles. The monoisotopic (exact) mass is 413 g/mol. The Morgan fingerprint density at radius 1 is 1.10 bits per heavy atom. The average Bonchev–Trinajstić information content (AvgIpc) is 2.68. The molecule has 1 amide bonds. The van der Waals surface area contributed by atoms with E-state index in [4.69, 9.17) is 0 Å². The number of piperidine rings is 1. The second-order valence-electron chi connectivity index (χ2n) is 7.34. The average molecular weight is 413 g/mol. The van der Waals surface area contributed by atoms with Gasteiger partial charge in [-0.1, -0.05) is 12.1 Å². The van der Waals surface area contributed by atoms with Crippen LogP contribution in [0.1, 0.15) is 24.8 Å².